The van der Waals surface area contributed by atoms with E-state index in [2.05, 4.69) is 54.9 Å². The first-order chi connectivity index (χ1) is 12.8. The second kappa shape index (κ2) is 7.78. The zero-order valence-corrected chi connectivity index (χ0v) is 16.5. The van der Waals surface area contributed by atoms with Gasteiger partial charge in [0.15, 0.2) is 5.65 Å². The Labute approximate surface area is 162 Å². The molecule has 26 heavy (non-hydrogen) atoms. The Morgan fingerprint density at radius 3 is 2.81 bits per heavy atom. The lowest BCUT2D eigenvalue weighted by molar-refractivity contribution is 0.281. The number of rotatable bonds is 4. The van der Waals surface area contributed by atoms with Crippen LogP contribution >= 0.6 is 15.9 Å². The van der Waals surface area contributed by atoms with Gasteiger partial charge in [0.2, 0.25) is 0 Å². The summed E-state index contributed by atoms with van der Waals surface area (Å²) in [6, 6.07) is 12.3. The minimum absolute atomic E-state index is 0.860. The molecule has 5 nitrogen and oxygen atoms in total. The van der Waals surface area contributed by atoms with E-state index in [-0.39, 0.29) is 0 Å². The van der Waals surface area contributed by atoms with Gasteiger partial charge < -0.3 is 14.5 Å². The quantitative estimate of drug-likeness (QED) is 0.708. The summed E-state index contributed by atoms with van der Waals surface area (Å²) in [6.45, 7) is 5.19. The van der Waals surface area contributed by atoms with Crippen molar-refractivity contribution in [2.75, 3.05) is 33.3 Å². The van der Waals surface area contributed by atoms with Gasteiger partial charge in [-0.3, -0.25) is 4.90 Å². The number of aromatic nitrogens is 2. The van der Waals surface area contributed by atoms with Gasteiger partial charge in [0.25, 0.3) is 0 Å². The molecule has 0 saturated carbocycles. The van der Waals surface area contributed by atoms with Crippen LogP contribution in [-0.2, 0) is 6.54 Å². The molecule has 1 N–H and O–H groups in total. The summed E-state index contributed by atoms with van der Waals surface area (Å²) in [5, 5.41) is 3.48. The first kappa shape index (κ1) is 17.5. The molecule has 0 bridgehead atoms. The molecule has 4 rings (SSSR count). The number of ether oxygens (including phenoxy) is 1. The SMILES string of the molecule is COc1ccc(-c2nc3c(Br)cccn3c2CN2CCCNCC2)cc1. The Kier molecular flexibility index (Phi) is 5.24. The fraction of sp³-hybridized carbons (Fsp3) is 0.350. The van der Waals surface area contributed by atoms with Crippen LogP contribution in [0.2, 0.25) is 0 Å². The minimum atomic E-state index is 0.860. The number of hydrogen-bond acceptors (Lipinski definition) is 4. The van der Waals surface area contributed by atoms with E-state index in [1.807, 2.05) is 18.2 Å². The minimum Gasteiger partial charge on any atom is -0.497 e. The van der Waals surface area contributed by atoms with Gasteiger partial charge >= 0.3 is 0 Å². The highest BCUT2D eigenvalue weighted by molar-refractivity contribution is 9.10. The Balaban J connectivity index is 1.78. The van der Waals surface area contributed by atoms with Crippen LogP contribution in [0.5, 0.6) is 5.75 Å². The summed E-state index contributed by atoms with van der Waals surface area (Å²) in [4.78, 5) is 7.47. The highest BCUT2D eigenvalue weighted by Gasteiger charge is 2.19. The molecular formula is C20H23BrN4O. The van der Waals surface area contributed by atoms with Gasteiger partial charge in [-0.15, -0.1) is 0 Å². The van der Waals surface area contributed by atoms with E-state index in [4.69, 9.17) is 9.72 Å². The lowest BCUT2D eigenvalue weighted by atomic mass is 10.1. The Morgan fingerprint density at radius 2 is 2.00 bits per heavy atom. The first-order valence-electron chi connectivity index (χ1n) is 8.99. The highest BCUT2D eigenvalue weighted by atomic mass is 79.9. The van der Waals surface area contributed by atoms with Crippen LogP contribution in [0, 0.1) is 0 Å². The predicted molar refractivity (Wildman–Crippen MR) is 108 cm³/mol. The Hall–Kier alpha value is -1.89. The fourth-order valence-electron chi connectivity index (χ4n) is 3.49. The molecule has 0 radical (unpaired) electrons. The molecule has 2 aromatic heterocycles. The van der Waals surface area contributed by atoms with Gasteiger partial charge in [-0.25, -0.2) is 4.98 Å². The maximum atomic E-state index is 5.30. The third-order valence-corrected chi connectivity index (χ3v) is 5.49. The molecule has 1 aromatic carbocycles. The van der Waals surface area contributed by atoms with E-state index in [0.29, 0.717) is 0 Å². The monoisotopic (exact) mass is 414 g/mol. The molecule has 136 valence electrons. The lowest BCUT2D eigenvalue weighted by Gasteiger charge is -2.20. The van der Waals surface area contributed by atoms with Crippen molar-refractivity contribution in [2.24, 2.45) is 0 Å². The van der Waals surface area contributed by atoms with Crippen LogP contribution < -0.4 is 10.1 Å². The lowest BCUT2D eigenvalue weighted by Crippen LogP contribution is -2.28. The predicted octanol–water partition coefficient (Wildman–Crippen LogP) is 3.57. The first-order valence-corrected chi connectivity index (χ1v) is 9.78. The number of fused-ring (bicyclic) bond motifs is 1. The summed E-state index contributed by atoms with van der Waals surface area (Å²) in [6.07, 6.45) is 3.28. The summed E-state index contributed by atoms with van der Waals surface area (Å²) in [7, 11) is 1.69. The zero-order valence-electron chi connectivity index (χ0n) is 14.9. The van der Waals surface area contributed by atoms with Crippen molar-refractivity contribution < 1.29 is 4.74 Å². The number of pyridine rings is 1. The average Bonchev–Trinajstić information content (AvgIpc) is 2.85. The summed E-state index contributed by atoms with van der Waals surface area (Å²) in [5.41, 5.74) is 4.34. The number of halogens is 1. The zero-order chi connectivity index (χ0) is 17.9. The molecule has 1 aliphatic heterocycles. The molecule has 0 atom stereocenters. The molecule has 1 saturated heterocycles. The van der Waals surface area contributed by atoms with Gasteiger partial charge in [0.05, 0.1) is 23.0 Å². The number of hydrogen-bond donors (Lipinski definition) is 1. The Bertz CT molecular complexity index is 883. The third-order valence-electron chi connectivity index (χ3n) is 4.87. The van der Waals surface area contributed by atoms with Crippen LogP contribution in [0.3, 0.4) is 0 Å². The average molecular weight is 415 g/mol. The van der Waals surface area contributed by atoms with Crippen LogP contribution in [0.25, 0.3) is 16.9 Å². The number of imidazole rings is 1. The van der Waals surface area contributed by atoms with Crippen LogP contribution in [0.15, 0.2) is 47.1 Å². The summed E-state index contributed by atoms with van der Waals surface area (Å²) < 4.78 is 8.52. The van der Waals surface area contributed by atoms with E-state index in [0.717, 1.165) is 59.9 Å². The molecule has 3 heterocycles. The Morgan fingerprint density at radius 1 is 1.15 bits per heavy atom. The number of methoxy groups -OCH3 is 1. The molecule has 6 heteroatoms. The normalized spacial score (nSPS) is 15.9. The maximum absolute atomic E-state index is 5.30. The number of nitrogens with zero attached hydrogens (tertiary/aromatic N) is 3. The van der Waals surface area contributed by atoms with E-state index in [1.54, 1.807) is 7.11 Å². The topological polar surface area (TPSA) is 41.8 Å². The molecule has 0 unspecified atom stereocenters. The van der Waals surface area contributed by atoms with Gasteiger partial charge in [0, 0.05) is 31.4 Å². The van der Waals surface area contributed by atoms with Crippen molar-refractivity contribution in [3.8, 4) is 17.0 Å². The molecule has 0 aliphatic carbocycles. The number of nitrogens with one attached hydrogen (secondary N) is 1. The second-order valence-electron chi connectivity index (χ2n) is 6.57. The van der Waals surface area contributed by atoms with E-state index in [9.17, 15) is 0 Å². The molecule has 1 fully saturated rings. The van der Waals surface area contributed by atoms with Crippen LogP contribution in [0.1, 0.15) is 12.1 Å². The summed E-state index contributed by atoms with van der Waals surface area (Å²) in [5.74, 6) is 0.860. The largest absolute Gasteiger partial charge is 0.497 e. The molecule has 1 aliphatic rings. The van der Waals surface area contributed by atoms with Crippen molar-refractivity contribution in [2.45, 2.75) is 13.0 Å². The molecule has 3 aromatic rings. The maximum Gasteiger partial charge on any atom is 0.152 e. The van der Waals surface area contributed by atoms with E-state index >= 15 is 0 Å². The van der Waals surface area contributed by atoms with Gasteiger partial charge in [-0.05, 0) is 71.8 Å². The van der Waals surface area contributed by atoms with Crippen molar-refractivity contribution in [1.29, 1.82) is 0 Å². The molecular weight excluding hydrogens is 392 g/mol. The molecule has 0 amide bonds. The van der Waals surface area contributed by atoms with Gasteiger partial charge in [0.1, 0.15) is 5.75 Å². The summed E-state index contributed by atoms with van der Waals surface area (Å²) >= 11 is 3.65. The van der Waals surface area contributed by atoms with Gasteiger partial charge in [-0.1, -0.05) is 0 Å². The van der Waals surface area contributed by atoms with Crippen molar-refractivity contribution in [1.82, 2.24) is 19.6 Å². The number of benzene rings is 1. The van der Waals surface area contributed by atoms with Crippen LogP contribution in [0.4, 0.5) is 0 Å². The van der Waals surface area contributed by atoms with E-state index in [1.165, 1.54) is 12.1 Å². The standard InChI is InChI=1S/C20H23BrN4O/c1-26-16-7-5-15(6-8-16)19-18(14-24-11-3-9-22-10-13-24)25-12-2-4-17(21)20(25)23-19/h2,4-8,12,22H,3,9-11,13-14H2,1H3. The fourth-order valence-corrected chi connectivity index (χ4v) is 3.92. The van der Waals surface area contributed by atoms with Gasteiger partial charge in [-0.2, -0.15) is 0 Å². The van der Waals surface area contributed by atoms with E-state index < -0.39 is 0 Å². The highest BCUT2D eigenvalue weighted by Crippen LogP contribution is 2.30. The van der Waals surface area contributed by atoms with Crippen molar-refractivity contribution in [3.63, 3.8) is 0 Å². The molecule has 0 spiro atoms. The van der Waals surface area contributed by atoms with Crippen molar-refractivity contribution >= 4 is 21.6 Å². The second-order valence-corrected chi connectivity index (χ2v) is 7.42. The van der Waals surface area contributed by atoms with Crippen LogP contribution in [-0.4, -0.2) is 47.6 Å². The smallest absolute Gasteiger partial charge is 0.152 e. The third kappa shape index (κ3) is 3.49. The van der Waals surface area contributed by atoms with Crippen molar-refractivity contribution in [3.05, 3.63) is 52.8 Å².